The van der Waals surface area contributed by atoms with E-state index < -0.39 is 11.9 Å². The van der Waals surface area contributed by atoms with E-state index in [4.69, 9.17) is 0 Å². The van der Waals surface area contributed by atoms with Gasteiger partial charge in [-0.3, -0.25) is 15.1 Å². The van der Waals surface area contributed by atoms with Gasteiger partial charge in [-0.1, -0.05) is 0 Å². The molecule has 4 heterocycles. The zero-order valence-electron chi connectivity index (χ0n) is 11.6. The minimum Gasteiger partial charge on any atom is -0.396 e. The van der Waals surface area contributed by atoms with Crippen LogP contribution in [0.5, 0.6) is 0 Å². The number of aromatic nitrogens is 2. The highest BCUT2D eigenvalue weighted by molar-refractivity contribution is 6.57. The molecule has 0 fully saturated rings. The molecule has 0 aliphatic carbocycles. The standard InChI is InChI=1S/C14H9BF2N4O2/c16-15(17)19-7-1-3-11(19)14(12-4-2-8-20(12)15)10-5-6-18-9-13(10)21(22)23/h1-9H. The molecule has 0 aromatic carbocycles. The molecule has 0 saturated heterocycles. The van der Waals surface area contributed by atoms with E-state index in [-0.39, 0.29) is 22.6 Å². The third-order valence-corrected chi connectivity index (χ3v) is 4.01. The Morgan fingerprint density at radius 1 is 1.35 bits per heavy atom. The van der Waals surface area contributed by atoms with Crippen molar-refractivity contribution in [2.75, 3.05) is 0 Å². The normalized spacial score (nSPS) is 17.7. The topological polar surface area (TPSA) is 64.0 Å². The number of nitrogens with zero attached hydrogens (tertiary/aromatic N) is 4. The van der Waals surface area contributed by atoms with Gasteiger partial charge in [0.2, 0.25) is 0 Å². The maximum Gasteiger partial charge on any atom is 0.737 e. The lowest BCUT2D eigenvalue weighted by atomic mass is 9.86. The number of pyridine rings is 1. The lowest BCUT2D eigenvalue weighted by molar-refractivity contribution is -0.385. The van der Waals surface area contributed by atoms with Gasteiger partial charge in [-0.25, -0.2) is 0 Å². The molecule has 0 N–H and O–H groups in total. The van der Waals surface area contributed by atoms with Crippen LogP contribution in [-0.2, 0) is 0 Å². The SMILES string of the molecule is O=[N+]([O-])c1cnccc1C1=C2C=CC=[N+]2[B-](F)(F)n2cccc21. The van der Waals surface area contributed by atoms with Crippen molar-refractivity contribution in [1.29, 1.82) is 0 Å². The van der Waals surface area contributed by atoms with Crippen LogP contribution in [0.25, 0.3) is 5.57 Å². The molecule has 114 valence electrons. The Hall–Kier alpha value is -3.10. The van der Waals surface area contributed by atoms with E-state index in [1.807, 2.05) is 0 Å². The van der Waals surface area contributed by atoms with Gasteiger partial charge in [0, 0.05) is 24.0 Å². The summed E-state index contributed by atoms with van der Waals surface area (Å²) in [6.07, 6.45) is 8.14. The minimum absolute atomic E-state index is 0.222. The lowest BCUT2D eigenvalue weighted by Crippen LogP contribution is -2.49. The van der Waals surface area contributed by atoms with E-state index in [1.165, 1.54) is 49.0 Å². The molecule has 0 spiro atoms. The van der Waals surface area contributed by atoms with Crippen molar-refractivity contribution in [3.63, 3.8) is 0 Å². The highest BCUT2D eigenvalue weighted by atomic mass is 19.2. The number of hydrogen-bond acceptors (Lipinski definition) is 3. The molecule has 6 nitrogen and oxygen atoms in total. The van der Waals surface area contributed by atoms with Crippen molar-refractivity contribution in [3.05, 3.63) is 76.0 Å². The predicted molar refractivity (Wildman–Crippen MR) is 80.2 cm³/mol. The molecule has 0 bridgehead atoms. The third-order valence-electron chi connectivity index (χ3n) is 4.01. The molecule has 0 unspecified atom stereocenters. The van der Waals surface area contributed by atoms with Crippen molar-refractivity contribution in [1.82, 2.24) is 9.46 Å². The van der Waals surface area contributed by atoms with Crippen LogP contribution >= 0.6 is 0 Å². The molecule has 9 heteroatoms. The van der Waals surface area contributed by atoms with Crippen LogP contribution in [0.1, 0.15) is 11.3 Å². The number of allylic oxidation sites excluding steroid dienone is 2. The van der Waals surface area contributed by atoms with Crippen LogP contribution < -0.4 is 0 Å². The van der Waals surface area contributed by atoms with Crippen LogP contribution in [0.3, 0.4) is 0 Å². The molecule has 2 aliphatic rings. The maximum atomic E-state index is 14.6. The van der Waals surface area contributed by atoms with Gasteiger partial charge in [0.25, 0.3) is 5.69 Å². The zero-order chi connectivity index (χ0) is 16.2. The minimum atomic E-state index is -4.01. The fourth-order valence-corrected chi connectivity index (χ4v) is 3.04. The van der Waals surface area contributed by atoms with E-state index in [0.29, 0.717) is 5.57 Å². The van der Waals surface area contributed by atoms with E-state index in [9.17, 15) is 18.7 Å². The summed E-state index contributed by atoms with van der Waals surface area (Å²) in [4.78, 5) is 14.5. The van der Waals surface area contributed by atoms with E-state index >= 15 is 0 Å². The van der Waals surface area contributed by atoms with Crippen molar-refractivity contribution in [3.8, 4) is 0 Å². The fraction of sp³-hybridized carbons (Fsp3) is 0. The quantitative estimate of drug-likeness (QED) is 0.486. The number of nitro groups is 1. The second-order valence-electron chi connectivity index (χ2n) is 5.21. The first-order valence-electron chi connectivity index (χ1n) is 6.84. The van der Waals surface area contributed by atoms with Gasteiger partial charge in [0.1, 0.15) is 12.4 Å². The largest absolute Gasteiger partial charge is 0.737 e. The molecular formula is C14H9BF2N4O2. The number of rotatable bonds is 2. The Bertz CT molecular complexity index is 946. The molecule has 0 amide bonds. The summed E-state index contributed by atoms with van der Waals surface area (Å²) < 4.78 is 31.0. The number of fused-ring (bicyclic) bond motifs is 2. The number of halogens is 2. The summed E-state index contributed by atoms with van der Waals surface area (Å²) in [6, 6.07) is 4.51. The van der Waals surface area contributed by atoms with Crippen LogP contribution in [0.4, 0.5) is 14.3 Å². The fourth-order valence-electron chi connectivity index (χ4n) is 3.04. The zero-order valence-corrected chi connectivity index (χ0v) is 11.6. The lowest BCUT2D eigenvalue weighted by Gasteiger charge is -2.30. The Morgan fingerprint density at radius 2 is 2.17 bits per heavy atom. The molecule has 23 heavy (non-hydrogen) atoms. The first-order valence-corrected chi connectivity index (χ1v) is 6.84. The maximum absolute atomic E-state index is 14.6. The van der Waals surface area contributed by atoms with Crippen molar-refractivity contribution in [2.45, 2.75) is 0 Å². The van der Waals surface area contributed by atoms with Crippen LogP contribution in [0, 0.1) is 10.1 Å². The highest BCUT2D eigenvalue weighted by Gasteiger charge is 2.52. The van der Waals surface area contributed by atoms with Crippen LogP contribution in [-0.4, -0.2) is 32.1 Å². The summed E-state index contributed by atoms with van der Waals surface area (Å²) >= 11 is 0. The summed E-state index contributed by atoms with van der Waals surface area (Å²) in [5.74, 6) is 0. The molecule has 4 rings (SSSR count). The van der Waals surface area contributed by atoms with Crippen molar-refractivity contribution < 1.29 is 18.0 Å². The molecule has 2 aromatic rings. The average Bonchev–Trinajstić information content (AvgIpc) is 3.17. The van der Waals surface area contributed by atoms with Gasteiger partial charge in [-0.05, 0) is 24.4 Å². The van der Waals surface area contributed by atoms with Gasteiger partial charge in [-0.2, -0.15) is 0 Å². The molecule has 0 atom stereocenters. The average molecular weight is 314 g/mol. The second kappa shape index (κ2) is 4.45. The molecule has 2 aromatic heterocycles. The summed E-state index contributed by atoms with van der Waals surface area (Å²) in [7, 11) is 0. The molecule has 0 radical (unpaired) electrons. The van der Waals surface area contributed by atoms with Gasteiger partial charge in [-0.15, -0.1) is 0 Å². The first kappa shape index (κ1) is 13.6. The van der Waals surface area contributed by atoms with Gasteiger partial charge in [0.15, 0.2) is 5.70 Å². The van der Waals surface area contributed by atoms with Crippen LogP contribution in [0.15, 0.2) is 54.6 Å². The predicted octanol–water partition coefficient (Wildman–Crippen LogP) is 2.44. The van der Waals surface area contributed by atoms with Gasteiger partial charge < -0.3 is 17.6 Å². The van der Waals surface area contributed by atoms with Gasteiger partial charge in [0.05, 0.1) is 16.1 Å². The Morgan fingerprint density at radius 3 is 2.96 bits per heavy atom. The van der Waals surface area contributed by atoms with E-state index in [1.54, 1.807) is 0 Å². The Kier molecular flexibility index (Phi) is 2.62. The van der Waals surface area contributed by atoms with Crippen molar-refractivity contribution >= 4 is 24.4 Å². The smallest absolute Gasteiger partial charge is 0.396 e. The molecule has 2 aliphatic heterocycles. The van der Waals surface area contributed by atoms with E-state index in [2.05, 4.69) is 4.98 Å². The summed E-state index contributed by atoms with van der Waals surface area (Å²) in [5.41, 5.74) is 0.921. The highest BCUT2D eigenvalue weighted by Crippen LogP contribution is 2.40. The first-order chi connectivity index (χ1) is 11.0. The van der Waals surface area contributed by atoms with E-state index in [0.717, 1.165) is 15.2 Å². The Balaban J connectivity index is 2.09. The Labute approximate surface area is 128 Å². The summed E-state index contributed by atoms with van der Waals surface area (Å²) in [5, 5.41) is 11.3. The monoisotopic (exact) mass is 314 g/mol. The van der Waals surface area contributed by atoms with Crippen LogP contribution in [0.2, 0.25) is 0 Å². The molecule has 0 saturated carbocycles. The third kappa shape index (κ3) is 1.73. The number of hydrogen-bond donors (Lipinski definition) is 0. The second-order valence-corrected chi connectivity index (χ2v) is 5.21. The van der Waals surface area contributed by atoms with Gasteiger partial charge >= 0.3 is 6.97 Å². The van der Waals surface area contributed by atoms with Crippen molar-refractivity contribution in [2.24, 2.45) is 0 Å². The summed E-state index contributed by atoms with van der Waals surface area (Å²) in [6.45, 7) is -4.01. The molecular weight excluding hydrogens is 305 g/mol.